The van der Waals surface area contributed by atoms with E-state index in [1.54, 1.807) is 19.4 Å². The summed E-state index contributed by atoms with van der Waals surface area (Å²) in [5, 5.41) is 3.01. The minimum absolute atomic E-state index is 0.0437. The van der Waals surface area contributed by atoms with Gasteiger partial charge in [0, 0.05) is 38.4 Å². The standard InChI is InChI=1S/C19H24N4O2/c1-22-10-11-23(17(14-22)16-6-4-3-5-7-16)19(24)21-13-15-8-9-18(25-2)20-12-15/h3-9,12,17H,10-11,13-14H2,1-2H3,(H,21,24). The number of hydrogen-bond donors (Lipinski definition) is 1. The molecule has 1 fully saturated rings. The molecule has 1 atom stereocenters. The fourth-order valence-corrected chi connectivity index (χ4v) is 3.04. The van der Waals surface area contributed by atoms with Gasteiger partial charge in [0.25, 0.3) is 0 Å². The number of rotatable bonds is 4. The number of urea groups is 1. The predicted octanol–water partition coefficient (Wildman–Crippen LogP) is 2.29. The van der Waals surface area contributed by atoms with E-state index < -0.39 is 0 Å². The van der Waals surface area contributed by atoms with Crippen LogP contribution in [-0.2, 0) is 6.54 Å². The molecule has 0 spiro atoms. The van der Waals surface area contributed by atoms with Gasteiger partial charge in [0.2, 0.25) is 5.88 Å². The fourth-order valence-electron chi connectivity index (χ4n) is 3.04. The first-order valence-corrected chi connectivity index (χ1v) is 8.44. The molecule has 1 aliphatic heterocycles. The first-order chi connectivity index (χ1) is 12.2. The van der Waals surface area contributed by atoms with Crippen molar-refractivity contribution in [2.45, 2.75) is 12.6 Å². The van der Waals surface area contributed by atoms with Crippen LogP contribution in [0.25, 0.3) is 0 Å². The first kappa shape index (κ1) is 17.2. The second-order valence-corrected chi connectivity index (χ2v) is 6.25. The van der Waals surface area contributed by atoms with Gasteiger partial charge in [-0.25, -0.2) is 9.78 Å². The predicted molar refractivity (Wildman–Crippen MR) is 96.4 cm³/mol. The summed E-state index contributed by atoms with van der Waals surface area (Å²) in [5.41, 5.74) is 2.11. The van der Waals surface area contributed by atoms with Gasteiger partial charge in [-0.15, -0.1) is 0 Å². The number of nitrogens with zero attached hydrogens (tertiary/aromatic N) is 3. The van der Waals surface area contributed by atoms with Crippen LogP contribution in [0, 0.1) is 0 Å². The van der Waals surface area contributed by atoms with Crippen molar-refractivity contribution in [2.24, 2.45) is 0 Å². The largest absolute Gasteiger partial charge is 0.481 e. The molecule has 1 unspecified atom stereocenters. The zero-order chi connectivity index (χ0) is 17.6. The average molecular weight is 340 g/mol. The Morgan fingerprint density at radius 3 is 2.72 bits per heavy atom. The van der Waals surface area contributed by atoms with Crippen molar-refractivity contribution in [3.63, 3.8) is 0 Å². The van der Waals surface area contributed by atoms with Gasteiger partial charge in [0.15, 0.2) is 0 Å². The molecule has 2 amide bonds. The van der Waals surface area contributed by atoms with Gasteiger partial charge >= 0.3 is 6.03 Å². The average Bonchev–Trinajstić information content (AvgIpc) is 2.67. The summed E-state index contributed by atoms with van der Waals surface area (Å²) in [4.78, 5) is 21.1. The Balaban J connectivity index is 1.66. The summed E-state index contributed by atoms with van der Waals surface area (Å²) in [5.74, 6) is 0.568. The highest BCUT2D eigenvalue weighted by molar-refractivity contribution is 5.75. The minimum Gasteiger partial charge on any atom is -0.481 e. The lowest BCUT2D eigenvalue weighted by atomic mass is 10.0. The number of carbonyl (C=O) groups excluding carboxylic acids is 1. The monoisotopic (exact) mass is 340 g/mol. The van der Waals surface area contributed by atoms with Crippen molar-refractivity contribution in [3.8, 4) is 5.88 Å². The summed E-state index contributed by atoms with van der Waals surface area (Å²) < 4.78 is 5.05. The van der Waals surface area contributed by atoms with Crippen molar-refractivity contribution in [1.82, 2.24) is 20.1 Å². The Labute approximate surface area is 148 Å². The van der Waals surface area contributed by atoms with Crippen LogP contribution in [0.3, 0.4) is 0 Å². The number of nitrogens with one attached hydrogen (secondary N) is 1. The van der Waals surface area contributed by atoms with Crippen LogP contribution in [0.5, 0.6) is 5.88 Å². The maximum atomic E-state index is 12.7. The lowest BCUT2D eigenvalue weighted by Gasteiger charge is -2.40. The summed E-state index contributed by atoms with van der Waals surface area (Å²) >= 11 is 0. The number of likely N-dealkylation sites (N-methyl/N-ethyl adjacent to an activating group) is 1. The van der Waals surface area contributed by atoms with Crippen LogP contribution in [0.1, 0.15) is 17.2 Å². The van der Waals surface area contributed by atoms with E-state index in [0.29, 0.717) is 19.0 Å². The van der Waals surface area contributed by atoms with Gasteiger partial charge in [-0.05, 0) is 18.2 Å². The number of aromatic nitrogens is 1. The topological polar surface area (TPSA) is 57.7 Å². The molecule has 2 heterocycles. The highest BCUT2D eigenvalue weighted by Crippen LogP contribution is 2.24. The van der Waals surface area contributed by atoms with Crippen molar-refractivity contribution < 1.29 is 9.53 Å². The molecule has 1 N–H and O–H groups in total. The van der Waals surface area contributed by atoms with Crippen molar-refractivity contribution in [2.75, 3.05) is 33.8 Å². The van der Waals surface area contributed by atoms with Crippen molar-refractivity contribution >= 4 is 6.03 Å². The van der Waals surface area contributed by atoms with E-state index in [2.05, 4.69) is 34.4 Å². The Morgan fingerprint density at radius 1 is 1.24 bits per heavy atom. The normalized spacial score (nSPS) is 18.0. The molecule has 1 aromatic carbocycles. The van der Waals surface area contributed by atoms with E-state index in [1.165, 1.54) is 0 Å². The number of pyridine rings is 1. The molecular formula is C19H24N4O2. The van der Waals surface area contributed by atoms with E-state index in [-0.39, 0.29) is 12.1 Å². The molecule has 1 aromatic heterocycles. The third-order valence-electron chi connectivity index (χ3n) is 4.48. The van der Waals surface area contributed by atoms with E-state index in [9.17, 15) is 4.79 Å². The third-order valence-corrected chi connectivity index (χ3v) is 4.48. The summed E-state index contributed by atoms with van der Waals surface area (Å²) in [6.07, 6.45) is 1.72. The molecule has 0 radical (unpaired) electrons. The zero-order valence-corrected chi connectivity index (χ0v) is 14.7. The molecule has 1 saturated heterocycles. The second kappa shape index (κ2) is 7.98. The number of hydrogen-bond acceptors (Lipinski definition) is 4. The van der Waals surface area contributed by atoms with Crippen molar-refractivity contribution in [1.29, 1.82) is 0 Å². The third kappa shape index (κ3) is 4.28. The van der Waals surface area contributed by atoms with Gasteiger partial charge in [0.05, 0.1) is 13.2 Å². The molecule has 3 rings (SSSR count). The molecule has 2 aromatic rings. The molecule has 6 heteroatoms. The van der Waals surface area contributed by atoms with Gasteiger partial charge in [-0.2, -0.15) is 0 Å². The van der Waals surface area contributed by atoms with Crippen LogP contribution in [0.15, 0.2) is 48.7 Å². The molecule has 0 bridgehead atoms. The van der Waals surface area contributed by atoms with Crippen LogP contribution in [0.2, 0.25) is 0 Å². The van der Waals surface area contributed by atoms with Gasteiger partial charge in [-0.3, -0.25) is 0 Å². The highest BCUT2D eigenvalue weighted by atomic mass is 16.5. The zero-order valence-electron chi connectivity index (χ0n) is 14.7. The fraction of sp³-hybridized carbons (Fsp3) is 0.368. The maximum Gasteiger partial charge on any atom is 0.318 e. The number of ether oxygens (including phenoxy) is 1. The summed E-state index contributed by atoms with van der Waals surface area (Å²) in [6, 6.07) is 13.9. The van der Waals surface area contributed by atoms with Crippen LogP contribution in [0.4, 0.5) is 4.79 Å². The number of methoxy groups -OCH3 is 1. The quantitative estimate of drug-likeness (QED) is 0.928. The molecule has 25 heavy (non-hydrogen) atoms. The minimum atomic E-state index is -0.0437. The Kier molecular flexibility index (Phi) is 5.50. The van der Waals surface area contributed by atoms with Gasteiger partial charge in [0.1, 0.15) is 0 Å². The van der Waals surface area contributed by atoms with Crippen molar-refractivity contribution in [3.05, 3.63) is 59.8 Å². The van der Waals surface area contributed by atoms with Crippen LogP contribution in [-0.4, -0.2) is 54.6 Å². The van der Waals surface area contributed by atoms with E-state index in [4.69, 9.17) is 4.74 Å². The number of amides is 2. The molecule has 1 aliphatic rings. The molecule has 132 valence electrons. The Bertz CT molecular complexity index is 690. The second-order valence-electron chi connectivity index (χ2n) is 6.25. The number of carbonyl (C=O) groups is 1. The highest BCUT2D eigenvalue weighted by Gasteiger charge is 2.29. The van der Waals surface area contributed by atoms with Crippen LogP contribution >= 0.6 is 0 Å². The SMILES string of the molecule is COc1ccc(CNC(=O)N2CCN(C)CC2c2ccccc2)cn1. The molecule has 0 saturated carbocycles. The van der Waals surface area contributed by atoms with Gasteiger partial charge in [-0.1, -0.05) is 36.4 Å². The van der Waals surface area contributed by atoms with Crippen LogP contribution < -0.4 is 10.1 Å². The van der Waals surface area contributed by atoms with E-state index in [0.717, 1.165) is 24.2 Å². The first-order valence-electron chi connectivity index (χ1n) is 8.44. The molecule has 0 aliphatic carbocycles. The lowest BCUT2D eigenvalue weighted by Crippen LogP contribution is -2.52. The summed E-state index contributed by atoms with van der Waals surface area (Å²) in [7, 11) is 3.68. The molecule has 6 nitrogen and oxygen atoms in total. The number of benzene rings is 1. The summed E-state index contributed by atoms with van der Waals surface area (Å²) in [6.45, 7) is 2.87. The lowest BCUT2D eigenvalue weighted by molar-refractivity contribution is 0.108. The maximum absolute atomic E-state index is 12.7. The molecular weight excluding hydrogens is 316 g/mol. The Morgan fingerprint density at radius 2 is 2.04 bits per heavy atom. The number of piperazine rings is 1. The Hall–Kier alpha value is -2.60. The van der Waals surface area contributed by atoms with Gasteiger partial charge < -0.3 is 19.9 Å². The van der Waals surface area contributed by atoms with E-state index in [1.807, 2.05) is 29.2 Å². The smallest absolute Gasteiger partial charge is 0.318 e. The van der Waals surface area contributed by atoms with E-state index >= 15 is 0 Å².